The number of rotatable bonds is 9. The summed E-state index contributed by atoms with van der Waals surface area (Å²) in [6, 6.07) is 10.0. The Balaban J connectivity index is 1.70. The van der Waals surface area contributed by atoms with Crippen molar-refractivity contribution in [1.29, 1.82) is 0 Å². The number of likely N-dealkylation sites (tertiary alicyclic amines) is 1. The van der Waals surface area contributed by atoms with E-state index < -0.39 is 0 Å². The van der Waals surface area contributed by atoms with Crippen molar-refractivity contribution in [1.82, 2.24) is 4.90 Å². The SMILES string of the molecule is CCCCCCCCCC(=O)N1C[C@@H](c2ccccc2)CC1=O. The lowest BCUT2D eigenvalue weighted by molar-refractivity contribution is -0.141. The van der Waals surface area contributed by atoms with Gasteiger partial charge in [0.05, 0.1) is 0 Å². The maximum absolute atomic E-state index is 12.3. The highest BCUT2D eigenvalue weighted by Gasteiger charge is 2.33. The summed E-state index contributed by atoms with van der Waals surface area (Å²) in [6.45, 7) is 2.77. The van der Waals surface area contributed by atoms with E-state index in [1.54, 1.807) is 0 Å². The average molecular weight is 315 g/mol. The highest BCUT2D eigenvalue weighted by molar-refractivity contribution is 5.97. The summed E-state index contributed by atoms with van der Waals surface area (Å²) in [5, 5.41) is 0. The second-order valence-corrected chi connectivity index (χ2v) is 6.58. The Morgan fingerprint density at radius 2 is 1.70 bits per heavy atom. The molecule has 1 saturated heterocycles. The molecule has 3 nitrogen and oxygen atoms in total. The van der Waals surface area contributed by atoms with Crippen molar-refractivity contribution in [3.05, 3.63) is 35.9 Å². The standard InChI is InChI=1S/C20H29NO2/c1-2-3-4-5-6-7-11-14-19(22)21-16-18(15-20(21)23)17-12-9-8-10-13-17/h8-10,12-13,18H,2-7,11,14-16H2,1H3/t18-/m0/s1. The molecule has 0 saturated carbocycles. The second-order valence-electron chi connectivity index (χ2n) is 6.58. The van der Waals surface area contributed by atoms with Gasteiger partial charge in [0.2, 0.25) is 11.8 Å². The third kappa shape index (κ3) is 5.49. The molecule has 2 amide bonds. The number of benzene rings is 1. The quantitative estimate of drug-likeness (QED) is 0.621. The van der Waals surface area contributed by atoms with E-state index >= 15 is 0 Å². The summed E-state index contributed by atoms with van der Waals surface area (Å²) in [6.07, 6.45) is 9.32. The fourth-order valence-electron chi connectivity index (χ4n) is 3.27. The third-order valence-corrected chi connectivity index (χ3v) is 4.69. The van der Waals surface area contributed by atoms with Crippen molar-refractivity contribution in [2.75, 3.05) is 6.54 Å². The van der Waals surface area contributed by atoms with Crippen LogP contribution in [0.5, 0.6) is 0 Å². The first-order chi connectivity index (χ1) is 11.2. The van der Waals surface area contributed by atoms with Gasteiger partial charge >= 0.3 is 0 Å². The van der Waals surface area contributed by atoms with Crippen molar-refractivity contribution < 1.29 is 9.59 Å². The van der Waals surface area contributed by atoms with Crippen LogP contribution in [0.2, 0.25) is 0 Å². The molecule has 0 spiro atoms. The van der Waals surface area contributed by atoms with Gasteiger partial charge in [0.15, 0.2) is 0 Å². The molecule has 2 rings (SSSR count). The van der Waals surface area contributed by atoms with Crippen LogP contribution in [0.4, 0.5) is 0 Å². The molecule has 0 N–H and O–H groups in total. The lowest BCUT2D eigenvalue weighted by Crippen LogP contribution is -2.32. The molecule has 0 aromatic heterocycles. The molecule has 23 heavy (non-hydrogen) atoms. The van der Waals surface area contributed by atoms with Crippen LogP contribution >= 0.6 is 0 Å². The predicted molar refractivity (Wildman–Crippen MR) is 93.1 cm³/mol. The van der Waals surface area contributed by atoms with Crippen molar-refractivity contribution in [2.45, 2.75) is 70.6 Å². The monoisotopic (exact) mass is 315 g/mol. The minimum absolute atomic E-state index is 0.00759. The average Bonchev–Trinajstić information content (AvgIpc) is 2.96. The lowest BCUT2D eigenvalue weighted by Gasteiger charge is -2.15. The zero-order valence-corrected chi connectivity index (χ0v) is 14.3. The fraction of sp³-hybridized carbons (Fsp3) is 0.600. The first-order valence-corrected chi connectivity index (χ1v) is 9.10. The minimum Gasteiger partial charge on any atom is -0.282 e. The maximum atomic E-state index is 12.3. The Morgan fingerprint density at radius 3 is 2.39 bits per heavy atom. The molecule has 0 bridgehead atoms. The van der Waals surface area contributed by atoms with E-state index in [0.717, 1.165) is 18.4 Å². The van der Waals surface area contributed by atoms with Crippen LogP contribution in [0.15, 0.2) is 30.3 Å². The molecule has 0 radical (unpaired) electrons. The Morgan fingerprint density at radius 1 is 1.04 bits per heavy atom. The van der Waals surface area contributed by atoms with Gasteiger partial charge in [-0.2, -0.15) is 0 Å². The molecule has 1 aromatic carbocycles. The molecular formula is C20H29NO2. The molecule has 126 valence electrons. The molecule has 1 heterocycles. The zero-order valence-electron chi connectivity index (χ0n) is 14.3. The van der Waals surface area contributed by atoms with Crippen molar-refractivity contribution in [2.24, 2.45) is 0 Å². The highest BCUT2D eigenvalue weighted by atomic mass is 16.2. The molecule has 3 heteroatoms. The number of hydrogen-bond donors (Lipinski definition) is 0. The van der Waals surface area contributed by atoms with Gasteiger partial charge in [-0.05, 0) is 12.0 Å². The summed E-state index contributed by atoms with van der Waals surface area (Å²) in [7, 11) is 0. The van der Waals surface area contributed by atoms with Gasteiger partial charge in [-0.25, -0.2) is 0 Å². The first kappa shape index (κ1) is 17.7. The first-order valence-electron chi connectivity index (χ1n) is 9.10. The predicted octanol–water partition coefficient (Wildman–Crippen LogP) is 4.67. The van der Waals surface area contributed by atoms with Crippen LogP contribution in [0, 0.1) is 0 Å². The number of carbonyl (C=O) groups is 2. The molecule has 1 aliphatic heterocycles. The van der Waals surface area contributed by atoms with Crippen LogP contribution in [0.25, 0.3) is 0 Å². The van der Waals surface area contributed by atoms with Gasteiger partial charge in [0.25, 0.3) is 0 Å². The third-order valence-electron chi connectivity index (χ3n) is 4.69. The van der Waals surface area contributed by atoms with E-state index in [4.69, 9.17) is 0 Å². The smallest absolute Gasteiger partial charge is 0.229 e. The van der Waals surface area contributed by atoms with Crippen molar-refractivity contribution in [3.8, 4) is 0 Å². The Hall–Kier alpha value is -1.64. The van der Waals surface area contributed by atoms with E-state index in [-0.39, 0.29) is 17.7 Å². The molecule has 1 atom stereocenters. The molecule has 1 aliphatic rings. The Bertz CT molecular complexity index is 498. The van der Waals surface area contributed by atoms with Gasteiger partial charge in [-0.3, -0.25) is 14.5 Å². The number of imide groups is 1. The number of carbonyl (C=O) groups excluding carboxylic acids is 2. The van der Waals surface area contributed by atoms with Gasteiger partial charge in [-0.15, -0.1) is 0 Å². The molecule has 0 unspecified atom stereocenters. The van der Waals surface area contributed by atoms with Crippen LogP contribution in [-0.2, 0) is 9.59 Å². The van der Waals surface area contributed by atoms with Crippen LogP contribution in [0.3, 0.4) is 0 Å². The fourth-order valence-corrected chi connectivity index (χ4v) is 3.27. The molecule has 0 aliphatic carbocycles. The summed E-state index contributed by atoms with van der Waals surface area (Å²) < 4.78 is 0. The van der Waals surface area contributed by atoms with Gasteiger partial charge < -0.3 is 0 Å². The van der Waals surface area contributed by atoms with Crippen LogP contribution in [0.1, 0.15) is 76.2 Å². The number of amides is 2. The maximum Gasteiger partial charge on any atom is 0.229 e. The summed E-state index contributed by atoms with van der Waals surface area (Å²) in [5.41, 5.74) is 1.16. The van der Waals surface area contributed by atoms with E-state index in [2.05, 4.69) is 6.92 Å². The molecular weight excluding hydrogens is 286 g/mol. The van der Waals surface area contributed by atoms with Crippen LogP contribution < -0.4 is 0 Å². The molecule has 1 fully saturated rings. The van der Waals surface area contributed by atoms with E-state index in [1.807, 2.05) is 30.3 Å². The Kier molecular flexibility index (Phi) is 7.31. The number of nitrogens with zero attached hydrogens (tertiary/aromatic N) is 1. The summed E-state index contributed by atoms with van der Waals surface area (Å²) in [5.74, 6) is 0.176. The number of hydrogen-bond acceptors (Lipinski definition) is 2. The van der Waals surface area contributed by atoms with Crippen molar-refractivity contribution >= 4 is 11.8 Å². The van der Waals surface area contributed by atoms with Gasteiger partial charge in [-0.1, -0.05) is 75.8 Å². The van der Waals surface area contributed by atoms with E-state index in [1.165, 1.54) is 37.0 Å². The summed E-state index contributed by atoms with van der Waals surface area (Å²) >= 11 is 0. The van der Waals surface area contributed by atoms with Crippen LogP contribution in [-0.4, -0.2) is 23.3 Å². The number of unbranched alkanes of at least 4 members (excludes halogenated alkanes) is 6. The van der Waals surface area contributed by atoms with Gasteiger partial charge in [0.1, 0.15) is 0 Å². The Labute approximate surface area is 140 Å². The normalized spacial score (nSPS) is 17.7. The topological polar surface area (TPSA) is 37.4 Å². The summed E-state index contributed by atoms with van der Waals surface area (Å²) in [4.78, 5) is 25.9. The molecule has 1 aromatic rings. The van der Waals surface area contributed by atoms with Crippen molar-refractivity contribution in [3.63, 3.8) is 0 Å². The largest absolute Gasteiger partial charge is 0.282 e. The lowest BCUT2D eigenvalue weighted by atomic mass is 9.98. The van der Waals surface area contributed by atoms with Gasteiger partial charge in [0, 0.05) is 25.3 Å². The van der Waals surface area contributed by atoms with E-state index in [0.29, 0.717) is 19.4 Å². The highest BCUT2D eigenvalue weighted by Crippen LogP contribution is 2.28. The van der Waals surface area contributed by atoms with E-state index in [9.17, 15) is 9.59 Å². The second kappa shape index (κ2) is 9.49. The minimum atomic E-state index is -0.00759. The zero-order chi connectivity index (χ0) is 16.5.